The monoisotopic (exact) mass is 237 g/mol. The Morgan fingerprint density at radius 3 is 2.33 bits per heavy atom. The van der Waals surface area contributed by atoms with Crippen LogP contribution in [0.3, 0.4) is 0 Å². The van der Waals surface area contributed by atoms with Gasteiger partial charge in [0.25, 0.3) is 0 Å². The highest BCUT2D eigenvalue weighted by molar-refractivity contribution is 5.87. The summed E-state index contributed by atoms with van der Waals surface area (Å²) in [5, 5.41) is 10.5. The Kier molecular flexibility index (Phi) is 2.37. The standard InChI is InChI=1S/C16H15NO/c1-10-5-11(2)7-12(6-10)16-9-13-8-14(18)3-4-15(13)17-16/h3-9,17-18H,1-2H3. The van der Waals surface area contributed by atoms with Gasteiger partial charge in [-0.1, -0.05) is 17.2 Å². The molecule has 0 saturated carbocycles. The molecule has 0 radical (unpaired) electrons. The largest absolute Gasteiger partial charge is 0.508 e. The van der Waals surface area contributed by atoms with E-state index < -0.39 is 0 Å². The van der Waals surface area contributed by atoms with Gasteiger partial charge < -0.3 is 10.1 Å². The zero-order valence-electron chi connectivity index (χ0n) is 10.5. The lowest BCUT2D eigenvalue weighted by atomic mass is 10.1. The molecule has 0 aliphatic carbocycles. The van der Waals surface area contributed by atoms with Crippen LogP contribution in [0.1, 0.15) is 11.1 Å². The number of hydrogen-bond donors (Lipinski definition) is 2. The summed E-state index contributed by atoms with van der Waals surface area (Å²) in [6.45, 7) is 4.20. The van der Waals surface area contributed by atoms with Gasteiger partial charge in [-0.2, -0.15) is 0 Å². The predicted molar refractivity (Wildman–Crippen MR) is 74.9 cm³/mol. The number of phenols is 1. The first-order valence-electron chi connectivity index (χ1n) is 6.02. The van der Waals surface area contributed by atoms with Crippen LogP contribution in [-0.4, -0.2) is 10.1 Å². The lowest BCUT2D eigenvalue weighted by molar-refractivity contribution is 0.476. The summed E-state index contributed by atoms with van der Waals surface area (Å²) < 4.78 is 0. The maximum absolute atomic E-state index is 9.48. The summed E-state index contributed by atoms with van der Waals surface area (Å²) in [5.41, 5.74) is 5.82. The number of aromatic nitrogens is 1. The second kappa shape index (κ2) is 3.91. The van der Waals surface area contributed by atoms with Gasteiger partial charge in [-0.25, -0.2) is 0 Å². The third-order valence-corrected chi connectivity index (χ3v) is 3.14. The van der Waals surface area contributed by atoms with E-state index in [0.29, 0.717) is 5.75 Å². The van der Waals surface area contributed by atoms with Crippen molar-refractivity contribution in [3.05, 3.63) is 53.6 Å². The van der Waals surface area contributed by atoms with Gasteiger partial charge in [0.1, 0.15) is 5.75 Å². The topological polar surface area (TPSA) is 36.0 Å². The first-order valence-corrected chi connectivity index (χ1v) is 6.02. The van der Waals surface area contributed by atoms with E-state index >= 15 is 0 Å². The highest BCUT2D eigenvalue weighted by Crippen LogP contribution is 2.27. The number of aromatic hydroxyl groups is 1. The Hall–Kier alpha value is -2.22. The molecule has 0 bridgehead atoms. The molecule has 3 aromatic rings. The van der Waals surface area contributed by atoms with Crippen LogP contribution in [-0.2, 0) is 0 Å². The number of fused-ring (bicyclic) bond motifs is 1. The molecule has 1 heterocycles. The highest BCUT2D eigenvalue weighted by atomic mass is 16.3. The van der Waals surface area contributed by atoms with Crippen LogP contribution in [0.4, 0.5) is 0 Å². The number of aromatic amines is 1. The lowest BCUT2D eigenvalue weighted by Crippen LogP contribution is -1.82. The quantitative estimate of drug-likeness (QED) is 0.655. The molecule has 90 valence electrons. The molecule has 2 heteroatoms. The summed E-state index contributed by atoms with van der Waals surface area (Å²) in [5.74, 6) is 0.300. The smallest absolute Gasteiger partial charge is 0.116 e. The number of phenolic OH excluding ortho intramolecular Hbond substituents is 1. The lowest BCUT2D eigenvalue weighted by Gasteiger charge is -2.02. The van der Waals surface area contributed by atoms with Crippen molar-refractivity contribution in [2.45, 2.75) is 13.8 Å². The Morgan fingerprint density at radius 1 is 0.889 bits per heavy atom. The fourth-order valence-electron chi connectivity index (χ4n) is 2.41. The molecule has 0 fully saturated rings. The number of nitrogens with one attached hydrogen (secondary N) is 1. The van der Waals surface area contributed by atoms with Crippen molar-refractivity contribution < 1.29 is 5.11 Å². The summed E-state index contributed by atoms with van der Waals surface area (Å²) >= 11 is 0. The number of benzene rings is 2. The van der Waals surface area contributed by atoms with E-state index in [2.05, 4.69) is 43.1 Å². The molecule has 0 aliphatic rings. The molecule has 2 aromatic carbocycles. The fraction of sp³-hybridized carbons (Fsp3) is 0.125. The first kappa shape index (κ1) is 10.9. The van der Waals surface area contributed by atoms with Gasteiger partial charge in [-0.3, -0.25) is 0 Å². The zero-order valence-corrected chi connectivity index (χ0v) is 10.5. The van der Waals surface area contributed by atoms with Crippen LogP contribution < -0.4 is 0 Å². The van der Waals surface area contributed by atoms with Crippen molar-refractivity contribution in [1.29, 1.82) is 0 Å². The van der Waals surface area contributed by atoms with Crippen molar-refractivity contribution >= 4 is 10.9 Å². The number of H-pyrrole nitrogens is 1. The highest BCUT2D eigenvalue weighted by Gasteiger charge is 2.05. The zero-order chi connectivity index (χ0) is 12.7. The van der Waals surface area contributed by atoms with Gasteiger partial charge >= 0.3 is 0 Å². The van der Waals surface area contributed by atoms with Gasteiger partial charge in [0.05, 0.1) is 0 Å². The summed E-state index contributed by atoms with van der Waals surface area (Å²) in [6, 6.07) is 13.9. The van der Waals surface area contributed by atoms with Crippen LogP contribution >= 0.6 is 0 Å². The Bertz CT molecular complexity index is 705. The Balaban J connectivity index is 2.19. The van der Waals surface area contributed by atoms with E-state index in [1.807, 2.05) is 6.07 Å². The molecule has 0 spiro atoms. The van der Waals surface area contributed by atoms with E-state index in [4.69, 9.17) is 0 Å². The summed E-state index contributed by atoms with van der Waals surface area (Å²) in [4.78, 5) is 3.38. The molecule has 2 nitrogen and oxygen atoms in total. The molecule has 3 rings (SSSR count). The van der Waals surface area contributed by atoms with Crippen molar-refractivity contribution in [1.82, 2.24) is 4.98 Å². The SMILES string of the molecule is Cc1cc(C)cc(-c2cc3cc(O)ccc3[nH]2)c1. The third-order valence-electron chi connectivity index (χ3n) is 3.14. The number of aryl methyl sites for hydroxylation is 2. The van der Waals surface area contributed by atoms with E-state index in [1.165, 1.54) is 16.7 Å². The van der Waals surface area contributed by atoms with Crippen LogP contribution in [0.2, 0.25) is 0 Å². The van der Waals surface area contributed by atoms with Crippen LogP contribution in [0.25, 0.3) is 22.2 Å². The molecule has 1 aromatic heterocycles. The summed E-state index contributed by atoms with van der Waals surface area (Å²) in [7, 11) is 0. The summed E-state index contributed by atoms with van der Waals surface area (Å²) in [6.07, 6.45) is 0. The molecular formula is C16H15NO. The Labute approximate surface area is 106 Å². The number of rotatable bonds is 1. The van der Waals surface area contributed by atoms with E-state index in [0.717, 1.165) is 16.6 Å². The van der Waals surface area contributed by atoms with Gasteiger partial charge in [-0.05, 0) is 55.8 Å². The number of hydrogen-bond acceptors (Lipinski definition) is 1. The van der Waals surface area contributed by atoms with Crippen molar-refractivity contribution in [2.24, 2.45) is 0 Å². The minimum atomic E-state index is 0.300. The van der Waals surface area contributed by atoms with Gasteiger partial charge in [0.2, 0.25) is 0 Å². The van der Waals surface area contributed by atoms with Crippen molar-refractivity contribution in [3.8, 4) is 17.0 Å². The molecule has 0 aliphatic heterocycles. The first-order chi connectivity index (χ1) is 8.61. The minimum absolute atomic E-state index is 0.300. The molecule has 0 amide bonds. The van der Waals surface area contributed by atoms with E-state index in [-0.39, 0.29) is 0 Å². The fourth-order valence-corrected chi connectivity index (χ4v) is 2.41. The second-order valence-electron chi connectivity index (χ2n) is 4.83. The predicted octanol–water partition coefficient (Wildman–Crippen LogP) is 4.16. The van der Waals surface area contributed by atoms with Gasteiger partial charge in [0.15, 0.2) is 0 Å². The third kappa shape index (κ3) is 1.86. The molecule has 0 atom stereocenters. The maximum atomic E-state index is 9.48. The van der Waals surface area contributed by atoms with Crippen LogP contribution in [0.15, 0.2) is 42.5 Å². The second-order valence-corrected chi connectivity index (χ2v) is 4.83. The molecule has 2 N–H and O–H groups in total. The van der Waals surface area contributed by atoms with E-state index in [1.54, 1.807) is 12.1 Å². The van der Waals surface area contributed by atoms with E-state index in [9.17, 15) is 5.11 Å². The normalized spacial score (nSPS) is 11.0. The molecular weight excluding hydrogens is 222 g/mol. The Morgan fingerprint density at radius 2 is 1.61 bits per heavy atom. The molecule has 18 heavy (non-hydrogen) atoms. The van der Waals surface area contributed by atoms with Crippen molar-refractivity contribution in [2.75, 3.05) is 0 Å². The van der Waals surface area contributed by atoms with Crippen LogP contribution in [0, 0.1) is 13.8 Å². The molecule has 0 unspecified atom stereocenters. The maximum Gasteiger partial charge on any atom is 0.116 e. The minimum Gasteiger partial charge on any atom is -0.508 e. The van der Waals surface area contributed by atoms with Gasteiger partial charge in [0, 0.05) is 16.6 Å². The average Bonchev–Trinajstić information content (AvgIpc) is 2.70. The molecule has 0 saturated heterocycles. The van der Waals surface area contributed by atoms with Crippen LogP contribution in [0.5, 0.6) is 5.75 Å². The van der Waals surface area contributed by atoms with Gasteiger partial charge in [-0.15, -0.1) is 0 Å². The van der Waals surface area contributed by atoms with Crippen molar-refractivity contribution in [3.63, 3.8) is 0 Å². The average molecular weight is 237 g/mol.